The number of hydrogen-bond donors (Lipinski definition) is 1. The summed E-state index contributed by atoms with van der Waals surface area (Å²) in [7, 11) is 4.59. The lowest BCUT2D eigenvalue weighted by Crippen LogP contribution is -2.56. The molecular weight excluding hydrogens is 648 g/mol. The van der Waals surface area contributed by atoms with Gasteiger partial charge in [0.15, 0.2) is 5.82 Å². The summed E-state index contributed by atoms with van der Waals surface area (Å²) in [5.74, 6) is 2.26. The van der Waals surface area contributed by atoms with Crippen molar-refractivity contribution in [3.63, 3.8) is 0 Å². The summed E-state index contributed by atoms with van der Waals surface area (Å²) < 4.78 is 30.4. The number of anilines is 1. The molecule has 0 spiro atoms. The van der Waals surface area contributed by atoms with Crippen molar-refractivity contribution in [2.45, 2.75) is 65.0 Å². The van der Waals surface area contributed by atoms with E-state index in [4.69, 9.17) is 28.7 Å². The largest absolute Gasteiger partial charge is 0.497 e. The highest BCUT2D eigenvalue weighted by atomic mass is 79.9. The molecule has 3 heterocycles. The molecule has 2 aromatic heterocycles. The number of amides is 1. The molecule has 45 heavy (non-hydrogen) atoms. The van der Waals surface area contributed by atoms with Crippen LogP contribution in [-0.2, 0) is 25.5 Å². The zero-order valence-electron chi connectivity index (χ0n) is 27.1. The molecule has 14 heteroatoms. The van der Waals surface area contributed by atoms with E-state index < -0.39 is 17.8 Å². The first-order valence-electron chi connectivity index (χ1n) is 14.7. The number of rotatable bonds is 11. The molecule has 1 aromatic carbocycles. The van der Waals surface area contributed by atoms with Crippen LogP contribution in [0.15, 0.2) is 35.2 Å². The van der Waals surface area contributed by atoms with E-state index in [1.807, 2.05) is 68.3 Å². The third-order valence-corrected chi connectivity index (χ3v) is 7.98. The molecule has 246 valence electrons. The summed E-state index contributed by atoms with van der Waals surface area (Å²) in [5, 5.41) is 3.39. The highest BCUT2D eigenvalue weighted by Crippen LogP contribution is 2.33. The van der Waals surface area contributed by atoms with Crippen LogP contribution in [-0.4, -0.2) is 101 Å². The number of fused-ring (bicyclic) bond motifs is 1. The van der Waals surface area contributed by atoms with Crippen molar-refractivity contribution in [2.75, 3.05) is 52.9 Å². The predicted octanol–water partition coefficient (Wildman–Crippen LogP) is 4.68. The molecule has 1 saturated heterocycles. The fraction of sp³-hybridized carbons (Fsp3) is 0.548. The van der Waals surface area contributed by atoms with Crippen molar-refractivity contribution >= 4 is 39.3 Å². The minimum Gasteiger partial charge on any atom is -0.497 e. The number of carbonyl (C=O) groups excluding carboxylic acids is 2. The number of nitrogens with zero attached hydrogens (tertiary/aromatic N) is 5. The molecule has 1 aliphatic heterocycles. The first kappa shape index (κ1) is 34.3. The van der Waals surface area contributed by atoms with Crippen LogP contribution < -0.4 is 14.8 Å². The third-order valence-electron chi connectivity index (χ3n) is 7.42. The number of imidazole rings is 1. The number of benzene rings is 1. The molecule has 0 aliphatic carbocycles. The number of hydrogen-bond acceptors (Lipinski definition) is 11. The number of aromatic nitrogens is 3. The average Bonchev–Trinajstić information content (AvgIpc) is 3.35. The lowest BCUT2D eigenvalue weighted by atomic mass is 10.1. The van der Waals surface area contributed by atoms with Gasteiger partial charge in [-0.25, -0.2) is 14.8 Å². The Morgan fingerprint density at radius 2 is 1.96 bits per heavy atom. The number of methoxy groups -OCH3 is 3. The molecule has 0 radical (unpaired) electrons. The van der Waals surface area contributed by atoms with Crippen molar-refractivity contribution in [1.82, 2.24) is 24.2 Å². The summed E-state index contributed by atoms with van der Waals surface area (Å²) in [5.41, 5.74) is 0.954. The van der Waals surface area contributed by atoms with Crippen LogP contribution in [0.25, 0.3) is 5.52 Å². The molecular formula is C31H43BrN6O7. The maximum atomic E-state index is 13.5. The van der Waals surface area contributed by atoms with Crippen LogP contribution in [0.3, 0.4) is 0 Å². The van der Waals surface area contributed by atoms with Crippen molar-refractivity contribution in [1.29, 1.82) is 0 Å². The van der Waals surface area contributed by atoms with Gasteiger partial charge in [-0.1, -0.05) is 0 Å². The summed E-state index contributed by atoms with van der Waals surface area (Å²) >= 11 is 3.62. The van der Waals surface area contributed by atoms with Gasteiger partial charge in [-0.3, -0.25) is 19.0 Å². The number of morpholine rings is 1. The molecule has 13 nitrogen and oxygen atoms in total. The van der Waals surface area contributed by atoms with Crippen LogP contribution >= 0.6 is 15.9 Å². The maximum absolute atomic E-state index is 13.5. The molecule has 1 aliphatic rings. The Labute approximate surface area is 272 Å². The van der Waals surface area contributed by atoms with Crippen molar-refractivity contribution in [3.8, 4) is 11.5 Å². The molecule has 3 aromatic rings. The quantitative estimate of drug-likeness (QED) is 0.282. The van der Waals surface area contributed by atoms with E-state index in [1.165, 1.54) is 7.11 Å². The van der Waals surface area contributed by atoms with Gasteiger partial charge in [0, 0.05) is 43.2 Å². The number of nitrogens with one attached hydrogen (secondary N) is 1. The first-order chi connectivity index (χ1) is 21.3. The van der Waals surface area contributed by atoms with Gasteiger partial charge in [0.2, 0.25) is 0 Å². The van der Waals surface area contributed by atoms with Crippen LogP contribution in [0.4, 0.5) is 10.6 Å². The number of carbonyl (C=O) groups is 2. The zero-order valence-corrected chi connectivity index (χ0v) is 28.7. The molecule has 1 fully saturated rings. The summed E-state index contributed by atoms with van der Waals surface area (Å²) in [4.78, 5) is 38.6. The number of esters is 1. The van der Waals surface area contributed by atoms with E-state index in [0.717, 1.165) is 11.1 Å². The smallest absolute Gasteiger partial charge is 0.410 e. The molecule has 0 saturated carbocycles. The van der Waals surface area contributed by atoms with E-state index in [2.05, 4.69) is 26.2 Å². The van der Waals surface area contributed by atoms with E-state index in [-0.39, 0.29) is 37.7 Å². The molecule has 2 atom stereocenters. The fourth-order valence-electron chi connectivity index (χ4n) is 5.06. The van der Waals surface area contributed by atoms with Gasteiger partial charge in [-0.2, -0.15) is 0 Å². The second-order valence-electron chi connectivity index (χ2n) is 12.0. The monoisotopic (exact) mass is 690 g/mol. The maximum Gasteiger partial charge on any atom is 0.410 e. The van der Waals surface area contributed by atoms with Crippen molar-refractivity contribution in [2.24, 2.45) is 0 Å². The average molecular weight is 692 g/mol. The number of ether oxygens (including phenoxy) is 5. The minimum atomic E-state index is -0.693. The van der Waals surface area contributed by atoms with Crippen LogP contribution in [0.1, 0.15) is 52.1 Å². The lowest BCUT2D eigenvalue weighted by molar-refractivity contribution is -0.143. The van der Waals surface area contributed by atoms with Gasteiger partial charge in [0.05, 0.1) is 47.1 Å². The summed E-state index contributed by atoms with van der Waals surface area (Å²) in [6, 6.07) is 5.31. The lowest BCUT2D eigenvalue weighted by Gasteiger charge is -2.42. The Kier molecular flexibility index (Phi) is 11.2. The number of halogens is 1. The van der Waals surface area contributed by atoms with Crippen molar-refractivity contribution < 1.29 is 33.3 Å². The standard InChI is InChI=1S/C31H43BrN6O7/c1-19(2)36(17-25(39)43-8)15-21-18-44-24(16-38(21)30(40)45-31(3,4)5)29-35-27(32)26-28(33-11-12-37(26)29)34-14-20-9-10-22(41-6)13-23(20)42-7/h9-13,19,21,24H,14-18H2,1-8H3,(H,33,34)/t21-,24-/m1/s1. The second kappa shape index (κ2) is 14.6. The van der Waals surface area contributed by atoms with Gasteiger partial charge in [0.1, 0.15) is 39.1 Å². The van der Waals surface area contributed by atoms with E-state index in [1.54, 1.807) is 25.3 Å². The van der Waals surface area contributed by atoms with Gasteiger partial charge in [0.25, 0.3) is 0 Å². The van der Waals surface area contributed by atoms with Gasteiger partial charge in [-0.05, 0) is 62.7 Å². The molecule has 1 N–H and O–H groups in total. The second-order valence-corrected chi connectivity index (χ2v) is 12.7. The third kappa shape index (κ3) is 8.35. The molecule has 0 bridgehead atoms. The van der Waals surface area contributed by atoms with Crippen LogP contribution in [0.2, 0.25) is 0 Å². The van der Waals surface area contributed by atoms with Gasteiger partial charge < -0.3 is 29.0 Å². The highest BCUT2D eigenvalue weighted by Gasteiger charge is 2.39. The zero-order chi connectivity index (χ0) is 32.9. The van der Waals surface area contributed by atoms with E-state index >= 15 is 0 Å². The predicted molar refractivity (Wildman–Crippen MR) is 172 cm³/mol. The molecule has 0 unspecified atom stereocenters. The van der Waals surface area contributed by atoms with Gasteiger partial charge in [-0.15, -0.1) is 0 Å². The normalized spacial score (nSPS) is 17.1. The van der Waals surface area contributed by atoms with E-state index in [9.17, 15) is 9.59 Å². The Morgan fingerprint density at radius 1 is 1.20 bits per heavy atom. The highest BCUT2D eigenvalue weighted by molar-refractivity contribution is 9.10. The van der Waals surface area contributed by atoms with Gasteiger partial charge >= 0.3 is 12.1 Å². The Balaban J connectivity index is 1.60. The summed E-state index contributed by atoms with van der Waals surface area (Å²) in [6.45, 7) is 10.8. The Morgan fingerprint density at radius 3 is 2.60 bits per heavy atom. The Bertz CT molecular complexity index is 1490. The molecule has 1 amide bonds. The fourth-order valence-corrected chi connectivity index (χ4v) is 5.62. The Hall–Kier alpha value is -3.62. The SMILES string of the molecule is COC(=O)CN(C[C@@H]1CO[C@@H](c2nc(Br)c3c(NCc4ccc(OC)cc4OC)nccn23)CN1C(=O)OC(C)(C)C)C(C)C. The van der Waals surface area contributed by atoms with E-state index in [0.29, 0.717) is 40.8 Å². The topological polar surface area (TPSA) is 129 Å². The minimum absolute atomic E-state index is 0.0332. The summed E-state index contributed by atoms with van der Waals surface area (Å²) in [6.07, 6.45) is 2.48. The van der Waals surface area contributed by atoms with Crippen molar-refractivity contribution in [3.05, 3.63) is 46.6 Å². The first-order valence-corrected chi connectivity index (χ1v) is 15.5. The van der Waals surface area contributed by atoms with Crippen LogP contribution in [0.5, 0.6) is 11.5 Å². The molecule has 4 rings (SSSR count). The van der Waals surface area contributed by atoms with Crippen LogP contribution in [0, 0.1) is 0 Å².